The van der Waals surface area contributed by atoms with Gasteiger partial charge >= 0.3 is 0 Å². The molecule has 1 aromatic carbocycles. The summed E-state index contributed by atoms with van der Waals surface area (Å²) < 4.78 is 11.7. The molecule has 0 saturated heterocycles. The molecule has 104 valence electrons. The summed E-state index contributed by atoms with van der Waals surface area (Å²) in [6, 6.07) is 3.59. The van der Waals surface area contributed by atoms with Crippen LogP contribution >= 0.6 is 15.9 Å². The molecule has 19 heavy (non-hydrogen) atoms. The normalized spacial score (nSPS) is 14.9. The number of nitrogens with two attached hydrogens (primary N) is 1. The molecule has 2 rings (SSSR count). The molecule has 3 N–H and O–H groups in total. The maximum absolute atomic E-state index is 11.8. The van der Waals surface area contributed by atoms with Crippen molar-refractivity contribution in [1.82, 2.24) is 0 Å². The Morgan fingerprint density at radius 2 is 2.05 bits per heavy atom. The van der Waals surface area contributed by atoms with E-state index in [4.69, 9.17) is 15.2 Å². The Hall–Kier alpha value is -1.27. The monoisotopic (exact) mass is 328 g/mol. The summed E-state index contributed by atoms with van der Waals surface area (Å²) in [4.78, 5) is 11.8. The Balaban J connectivity index is 2.05. The average molecular weight is 329 g/mol. The number of hydrogen-bond donors (Lipinski definition) is 2. The van der Waals surface area contributed by atoms with Crippen LogP contribution < -0.4 is 20.5 Å². The molecule has 1 atom stereocenters. The SMILES string of the molecule is CC(N)CCC(=O)Nc1cc2c(cc1Br)OCCO2. The van der Waals surface area contributed by atoms with E-state index in [-0.39, 0.29) is 11.9 Å². The number of carbonyl (C=O) groups is 1. The van der Waals surface area contributed by atoms with Crippen molar-refractivity contribution in [2.24, 2.45) is 5.73 Å². The van der Waals surface area contributed by atoms with E-state index in [1.807, 2.05) is 6.92 Å². The van der Waals surface area contributed by atoms with Gasteiger partial charge in [0.15, 0.2) is 11.5 Å². The van der Waals surface area contributed by atoms with Crippen LogP contribution in [0.2, 0.25) is 0 Å². The number of ether oxygens (including phenoxy) is 2. The average Bonchev–Trinajstić information content (AvgIpc) is 2.37. The van der Waals surface area contributed by atoms with Crippen LogP contribution in [0.25, 0.3) is 0 Å². The Bertz CT molecular complexity index is 477. The smallest absolute Gasteiger partial charge is 0.224 e. The van der Waals surface area contributed by atoms with Gasteiger partial charge in [-0.25, -0.2) is 0 Å². The van der Waals surface area contributed by atoms with Crippen LogP contribution in [0.4, 0.5) is 5.69 Å². The van der Waals surface area contributed by atoms with Gasteiger partial charge in [0, 0.05) is 29.1 Å². The van der Waals surface area contributed by atoms with Gasteiger partial charge < -0.3 is 20.5 Å². The predicted molar refractivity (Wildman–Crippen MR) is 76.6 cm³/mol. The zero-order chi connectivity index (χ0) is 13.8. The summed E-state index contributed by atoms with van der Waals surface area (Å²) in [5.41, 5.74) is 6.31. The number of halogens is 1. The van der Waals surface area contributed by atoms with E-state index in [1.54, 1.807) is 12.1 Å². The molecule has 0 spiro atoms. The molecule has 1 aromatic rings. The Morgan fingerprint density at radius 1 is 1.42 bits per heavy atom. The zero-order valence-corrected chi connectivity index (χ0v) is 12.3. The first-order valence-corrected chi connectivity index (χ1v) is 7.00. The number of amides is 1. The van der Waals surface area contributed by atoms with E-state index < -0.39 is 0 Å². The van der Waals surface area contributed by atoms with Crippen LogP contribution in [0.3, 0.4) is 0 Å². The molecule has 0 aliphatic carbocycles. The van der Waals surface area contributed by atoms with Crippen molar-refractivity contribution >= 4 is 27.5 Å². The van der Waals surface area contributed by atoms with E-state index in [9.17, 15) is 4.79 Å². The molecule has 0 radical (unpaired) electrons. The quantitative estimate of drug-likeness (QED) is 0.889. The van der Waals surface area contributed by atoms with Crippen LogP contribution in [0, 0.1) is 0 Å². The summed E-state index contributed by atoms with van der Waals surface area (Å²) in [5, 5.41) is 2.84. The summed E-state index contributed by atoms with van der Waals surface area (Å²) in [6.45, 7) is 2.94. The first kappa shape index (κ1) is 14.1. The second-order valence-corrected chi connectivity index (χ2v) is 5.39. The van der Waals surface area contributed by atoms with E-state index in [0.717, 1.165) is 4.47 Å². The van der Waals surface area contributed by atoms with Crippen molar-refractivity contribution in [2.75, 3.05) is 18.5 Å². The van der Waals surface area contributed by atoms with Crippen LogP contribution in [-0.2, 0) is 4.79 Å². The molecule has 6 heteroatoms. The standard InChI is InChI=1S/C13H17BrN2O3/c1-8(15)2-3-13(17)16-10-7-12-11(6-9(10)14)18-4-5-19-12/h6-8H,2-5,15H2,1H3,(H,16,17). The number of benzene rings is 1. The fourth-order valence-corrected chi connectivity index (χ4v) is 2.15. The molecule has 5 nitrogen and oxygen atoms in total. The molecule has 0 saturated carbocycles. The number of rotatable bonds is 4. The Morgan fingerprint density at radius 3 is 2.68 bits per heavy atom. The highest BCUT2D eigenvalue weighted by Crippen LogP contribution is 2.38. The number of anilines is 1. The van der Waals surface area contributed by atoms with E-state index in [1.165, 1.54) is 0 Å². The minimum absolute atomic E-state index is 0.0226. The van der Waals surface area contributed by atoms with Gasteiger partial charge in [-0.2, -0.15) is 0 Å². The van der Waals surface area contributed by atoms with Gasteiger partial charge in [-0.05, 0) is 29.3 Å². The molecule has 1 aliphatic heterocycles. The summed E-state index contributed by atoms with van der Waals surface area (Å²) in [5.74, 6) is 1.28. The lowest BCUT2D eigenvalue weighted by molar-refractivity contribution is -0.116. The van der Waals surface area contributed by atoms with Crippen molar-refractivity contribution < 1.29 is 14.3 Å². The molecular weight excluding hydrogens is 312 g/mol. The fraction of sp³-hybridized carbons (Fsp3) is 0.462. The van der Waals surface area contributed by atoms with Gasteiger partial charge in [-0.1, -0.05) is 0 Å². The van der Waals surface area contributed by atoms with Crippen LogP contribution in [0.5, 0.6) is 11.5 Å². The van der Waals surface area contributed by atoms with Gasteiger partial charge in [0.2, 0.25) is 5.91 Å². The van der Waals surface area contributed by atoms with E-state index in [2.05, 4.69) is 21.2 Å². The highest BCUT2D eigenvalue weighted by Gasteiger charge is 2.16. The molecule has 1 amide bonds. The maximum Gasteiger partial charge on any atom is 0.224 e. The van der Waals surface area contributed by atoms with Crippen molar-refractivity contribution in [3.8, 4) is 11.5 Å². The molecule has 0 aromatic heterocycles. The number of carbonyl (C=O) groups excluding carboxylic acids is 1. The minimum Gasteiger partial charge on any atom is -0.486 e. The third kappa shape index (κ3) is 3.84. The number of hydrogen-bond acceptors (Lipinski definition) is 4. The third-order valence-electron chi connectivity index (χ3n) is 2.73. The number of fused-ring (bicyclic) bond motifs is 1. The lowest BCUT2D eigenvalue weighted by Crippen LogP contribution is -2.20. The summed E-state index contributed by atoms with van der Waals surface area (Å²) in [6.07, 6.45) is 1.06. The van der Waals surface area contributed by atoms with Gasteiger partial charge in [0.1, 0.15) is 13.2 Å². The summed E-state index contributed by atoms with van der Waals surface area (Å²) >= 11 is 3.41. The predicted octanol–water partition coefficient (Wildman–Crippen LogP) is 2.29. The third-order valence-corrected chi connectivity index (χ3v) is 3.39. The van der Waals surface area contributed by atoms with Gasteiger partial charge in [0.25, 0.3) is 0 Å². The van der Waals surface area contributed by atoms with Crippen molar-refractivity contribution in [1.29, 1.82) is 0 Å². The minimum atomic E-state index is -0.0605. The van der Waals surface area contributed by atoms with Gasteiger partial charge in [0.05, 0.1) is 5.69 Å². The fourth-order valence-electron chi connectivity index (χ4n) is 1.73. The van der Waals surface area contributed by atoms with Gasteiger partial charge in [-0.3, -0.25) is 4.79 Å². The topological polar surface area (TPSA) is 73.6 Å². The first-order chi connectivity index (χ1) is 9.06. The Kier molecular flexibility index (Phi) is 4.66. The number of nitrogens with one attached hydrogen (secondary N) is 1. The lowest BCUT2D eigenvalue weighted by atomic mass is 10.2. The van der Waals surface area contributed by atoms with Crippen molar-refractivity contribution in [3.63, 3.8) is 0 Å². The lowest BCUT2D eigenvalue weighted by Gasteiger charge is -2.20. The van der Waals surface area contributed by atoms with Gasteiger partial charge in [-0.15, -0.1) is 0 Å². The molecule has 0 bridgehead atoms. The second-order valence-electron chi connectivity index (χ2n) is 4.54. The van der Waals surface area contributed by atoms with Crippen LogP contribution in [0.15, 0.2) is 16.6 Å². The molecule has 0 fully saturated rings. The van der Waals surface area contributed by atoms with Crippen LogP contribution in [0.1, 0.15) is 19.8 Å². The highest BCUT2D eigenvalue weighted by atomic mass is 79.9. The molecule has 1 unspecified atom stereocenters. The Labute approximate surface area is 120 Å². The largest absolute Gasteiger partial charge is 0.486 e. The van der Waals surface area contributed by atoms with Crippen molar-refractivity contribution in [3.05, 3.63) is 16.6 Å². The second kappa shape index (κ2) is 6.25. The zero-order valence-electron chi connectivity index (χ0n) is 10.7. The molecular formula is C13H17BrN2O3. The van der Waals surface area contributed by atoms with E-state index >= 15 is 0 Å². The van der Waals surface area contributed by atoms with Crippen molar-refractivity contribution in [2.45, 2.75) is 25.8 Å². The highest BCUT2D eigenvalue weighted by molar-refractivity contribution is 9.10. The summed E-state index contributed by atoms with van der Waals surface area (Å²) in [7, 11) is 0. The molecule has 1 aliphatic rings. The van der Waals surface area contributed by atoms with E-state index in [0.29, 0.717) is 43.2 Å². The maximum atomic E-state index is 11.8. The molecule has 1 heterocycles. The van der Waals surface area contributed by atoms with Crippen LogP contribution in [-0.4, -0.2) is 25.2 Å². The first-order valence-electron chi connectivity index (χ1n) is 6.21.